The molecule has 0 spiro atoms. The van der Waals surface area contributed by atoms with Gasteiger partial charge in [0.1, 0.15) is 11.6 Å². The van der Waals surface area contributed by atoms with Gasteiger partial charge in [0.15, 0.2) is 0 Å². The highest BCUT2D eigenvalue weighted by atomic mass is 19.1. The van der Waals surface area contributed by atoms with Crippen molar-refractivity contribution in [2.45, 2.75) is 25.7 Å². The van der Waals surface area contributed by atoms with Crippen LogP contribution >= 0.6 is 0 Å². The van der Waals surface area contributed by atoms with E-state index >= 15 is 0 Å². The fraction of sp³-hybridized carbons (Fsp3) is 0.409. The third-order valence-electron chi connectivity index (χ3n) is 5.14. The van der Waals surface area contributed by atoms with Crippen LogP contribution in [0.5, 0.6) is 5.75 Å². The summed E-state index contributed by atoms with van der Waals surface area (Å²) in [6, 6.07) is 11.1. The Morgan fingerprint density at radius 1 is 1.30 bits per heavy atom. The molecule has 0 saturated carbocycles. The maximum atomic E-state index is 14.2. The molecule has 0 bridgehead atoms. The van der Waals surface area contributed by atoms with Crippen molar-refractivity contribution in [1.29, 1.82) is 0 Å². The van der Waals surface area contributed by atoms with Crippen LogP contribution in [0.2, 0.25) is 0 Å². The molecule has 27 heavy (non-hydrogen) atoms. The fourth-order valence-electron chi connectivity index (χ4n) is 3.74. The van der Waals surface area contributed by atoms with Gasteiger partial charge in [0.2, 0.25) is 0 Å². The van der Waals surface area contributed by atoms with Crippen LogP contribution in [0.4, 0.5) is 4.39 Å². The van der Waals surface area contributed by atoms with Gasteiger partial charge in [-0.3, -0.25) is 4.79 Å². The van der Waals surface area contributed by atoms with Gasteiger partial charge in [0.05, 0.1) is 0 Å². The molecule has 5 heteroatoms. The lowest BCUT2D eigenvalue weighted by atomic mass is 9.93. The standard InChI is InChI=1S/C22H26FNO3/c1-27-12-4-6-16-5-3-11-24(15-16)22(26)18-8-2-7-17(13-18)20-10-9-19(25)14-21(20)23/h2,7-10,13-14,16,25H,3-6,11-12,15H2,1H3. The van der Waals surface area contributed by atoms with Crippen molar-refractivity contribution in [3.8, 4) is 16.9 Å². The van der Waals surface area contributed by atoms with Crippen LogP contribution in [0.1, 0.15) is 36.0 Å². The maximum Gasteiger partial charge on any atom is 0.253 e. The number of phenolic OH excluding ortho intramolecular Hbond substituents is 1. The summed E-state index contributed by atoms with van der Waals surface area (Å²) < 4.78 is 19.3. The predicted molar refractivity (Wildman–Crippen MR) is 103 cm³/mol. The van der Waals surface area contributed by atoms with Crippen molar-refractivity contribution in [1.82, 2.24) is 4.90 Å². The van der Waals surface area contributed by atoms with E-state index in [0.29, 0.717) is 22.6 Å². The highest BCUT2D eigenvalue weighted by molar-refractivity contribution is 5.95. The van der Waals surface area contributed by atoms with Crippen LogP contribution in [-0.4, -0.2) is 42.7 Å². The number of ether oxygens (including phenoxy) is 1. The van der Waals surface area contributed by atoms with E-state index in [0.717, 1.165) is 51.4 Å². The summed E-state index contributed by atoms with van der Waals surface area (Å²) in [5.41, 5.74) is 1.57. The Hall–Kier alpha value is -2.40. The number of likely N-dealkylation sites (tertiary alicyclic amines) is 1. The van der Waals surface area contributed by atoms with Gasteiger partial charge >= 0.3 is 0 Å². The fourth-order valence-corrected chi connectivity index (χ4v) is 3.74. The van der Waals surface area contributed by atoms with E-state index in [1.807, 2.05) is 4.90 Å². The number of halogens is 1. The Kier molecular flexibility index (Phi) is 6.45. The molecule has 144 valence electrons. The number of carbonyl (C=O) groups is 1. The number of rotatable bonds is 6. The normalized spacial score (nSPS) is 17.1. The summed E-state index contributed by atoms with van der Waals surface area (Å²) in [7, 11) is 1.71. The SMILES string of the molecule is COCCCC1CCCN(C(=O)c2cccc(-c3ccc(O)cc3F)c2)C1. The van der Waals surface area contributed by atoms with Crippen LogP contribution in [-0.2, 0) is 4.74 Å². The van der Waals surface area contributed by atoms with Crippen LogP contribution < -0.4 is 0 Å². The molecule has 1 saturated heterocycles. The van der Waals surface area contributed by atoms with Gasteiger partial charge in [-0.25, -0.2) is 4.39 Å². The minimum Gasteiger partial charge on any atom is -0.508 e. The highest BCUT2D eigenvalue weighted by Crippen LogP contribution is 2.28. The van der Waals surface area contributed by atoms with E-state index in [9.17, 15) is 14.3 Å². The number of hydrogen-bond donors (Lipinski definition) is 1. The summed E-state index contributed by atoms with van der Waals surface area (Å²) >= 11 is 0. The van der Waals surface area contributed by atoms with Gasteiger partial charge in [-0.15, -0.1) is 0 Å². The molecule has 3 rings (SSSR count). The third-order valence-corrected chi connectivity index (χ3v) is 5.14. The lowest BCUT2D eigenvalue weighted by Gasteiger charge is -2.33. The first-order chi connectivity index (χ1) is 13.1. The van der Waals surface area contributed by atoms with Gasteiger partial charge in [-0.2, -0.15) is 0 Å². The van der Waals surface area contributed by atoms with Gasteiger partial charge in [-0.1, -0.05) is 12.1 Å². The molecular weight excluding hydrogens is 345 g/mol. The Bertz CT molecular complexity index is 793. The number of aromatic hydroxyl groups is 1. The van der Waals surface area contributed by atoms with E-state index < -0.39 is 5.82 Å². The van der Waals surface area contributed by atoms with Crippen molar-refractivity contribution >= 4 is 5.91 Å². The molecule has 1 amide bonds. The highest BCUT2D eigenvalue weighted by Gasteiger charge is 2.24. The van der Waals surface area contributed by atoms with E-state index in [-0.39, 0.29) is 11.7 Å². The van der Waals surface area contributed by atoms with Crippen molar-refractivity contribution in [2.75, 3.05) is 26.8 Å². The Morgan fingerprint density at radius 2 is 2.15 bits per heavy atom. The molecule has 2 aromatic rings. The largest absolute Gasteiger partial charge is 0.508 e. The van der Waals surface area contributed by atoms with Gasteiger partial charge in [0.25, 0.3) is 5.91 Å². The summed E-state index contributed by atoms with van der Waals surface area (Å²) in [4.78, 5) is 14.9. The minimum absolute atomic E-state index is 0.00696. The number of carbonyl (C=O) groups excluding carboxylic acids is 1. The molecule has 0 radical (unpaired) electrons. The molecule has 1 N–H and O–H groups in total. The lowest BCUT2D eigenvalue weighted by molar-refractivity contribution is 0.0660. The molecule has 1 atom stereocenters. The van der Waals surface area contributed by atoms with Crippen LogP contribution in [0.3, 0.4) is 0 Å². The first-order valence-corrected chi connectivity index (χ1v) is 9.45. The number of amides is 1. The first-order valence-electron chi connectivity index (χ1n) is 9.45. The van der Waals surface area contributed by atoms with Crippen LogP contribution in [0.25, 0.3) is 11.1 Å². The molecule has 2 aromatic carbocycles. The number of hydrogen-bond acceptors (Lipinski definition) is 3. The van der Waals surface area contributed by atoms with Gasteiger partial charge < -0.3 is 14.7 Å². The Morgan fingerprint density at radius 3 is 2.93 bits per heavy atom. The minimum atomic E-state index is -0.504. The molecule has 1 aliphatic rings. The lowest BCUT2D eigenvalue weighted by Crippen LogP contribution is -2.40. The average Bonchev–Trinajstić information content (AvgIpc) is 2.68. The summed E-state index contributed by atoms with van der Waals surface area (Å²) in [6.07, 6.45) is 4.23. The van der Waals surface area contributed by atoms with E-state index in [4.69, 9.17) is 4.74 Å². The smallest absolute Gasteiger partial charge is 0.253 e. The zero-order valence-electron chi connectivity index (χ0n) is 15.7. The first kappa shape index (κ1) is 19.4. The quantitative estimate of drug-likeness (QED) is 0.762. The second-order valence-electron chi connectivity index (χ2n) is 7.14. The molecular formula is C22H26FNO3. The zero-order valence-corrected chi connectivity index (χ0v) is 15.7. The van der Waals surface area contributed by atoms with E-state index in [2.05, 4.69) is 0 Å². The summed E-state index contributed by atoms with van der Waals surface area (Å²) in [5, 5.41) is 9.39. The molecule has 0 aliphatic carbocycles. The monoisotopic (exact) mass is 371 g/mol. The number of nitrogens with zero attached hydrogens (tertiary/aromatic N) is 1. The van der Waals surface area contributed by atoms with Crippen LogP contribution in [0.15, 0.2) is 42.5 Å². The van der Waals surface area contributed by atoms with Crippen molar-refractivity contribution in [2.24, 2.45) is 5.92 Å². The van der Waals surface area contributed by atoms with Crippen molar-refractivity contribution in [3.05, 3.63) is 53.8 Å². The molecule has 1 heterocycles. The number of piperidine rings is 1. The maximum absolute atomic E-state index is 14.2. The summed E-state index contributed by atoms with van der Waals surface area (Å²) in [6.45, 7) is 2.28. The van der Waals surface area contributed by atoms with Gasteiger partial charge in [-0.05, 0) is 61.4 Å². The second kappa shape index (κ2) is 9.00. The third kappa shape index (κ3) is 4.86. The molecule has 1 fully saturated rings. The number of methoxy groups -OCH3 is 1. The summed E-state index contributed by atoms with van der Waals surface area (Å²) in [5.74, 6) is -0.116. The Balaban J connectivity index is 1.73. The average molecular weight is 371 g/mol. The molecule has 4 nitrogen and oxygen atoms in total. The van der Waals surface area contributed by atoms with Crippen molar-refractivity contribution in [3.63, 3.8) is 0 Å². The van der Waals surface area contributed by atoms with Gasteiger partial charge in [0, 0.05) is 44.0 Å². The number of benzene rings is 2. The second-order valence-corrected chi connectivity index (χ2v) is 7.14. The predicted octanol–water partition coefficient (Wildman–Crippen LogP) is 4.48. The van der Waals surface area contributed by atoms with Crippen molar-refractivity contribution < 1.29 is 19.0 Å². The molecule has 1 aliphatic heterocycles. The molecule has 1 unspecified atom stereocenters. The van der Waals surface area contributed by atoms with Crippen LogP contribution in [0, 0.1) is 11.7 Å². The zero-order chi connectivity index (χ0) is 19.2. The number of phenols is 1. The topological polar surface area (TPSA) is 49.8 Å². The van der Waals surface area contributed by atoms with E-state index in [1.165, 1.54) is 12.1 Å². The molecule has 0 aromatic heterocycles. The van der Waals surface area contributed by atoms with E-state index in [1.54, 1.807) is 31.4 Å². The Labute approximate surface area is 159 Å².